The summed E-state index contributed by atoms with van der Waals surface area (Å²) < 4.78 is 3.97. The van der Waals surface area contributed by atoms with Crippen molar-refractivity contribution in [3.8, 4) is 0 Å². The van der Waals surface area contributed by atoms with Gasteiger partial charge in [-0.3, -0.25) is 4.68 Å². The Morgan fingerprint density at radius 1 is 1.10 bits per heavy atom. The van der Waals surface area contributed by atoms with Crippen molar-refractivity contribution < 1.29 is 0 Å². The first-order valence-electron chi connectivity index (χ1n) is 7.03. The predicted molar refractivity (Wildman–Crippen MR) is 81.5 cm³/mol. The lowest BCUT2D eigenvalue weighted by atomic mass is 10.1. The number of nitrogens with zero attached hydrogens (tertiary/aromatic N) is 4. The Morgan fingerprint density at radius 2 is 1.95 bits per heavy atom. The van der Waals surface area contributed by atoms with E-state index in [9.17, 15) is 0 Å². The van der Waals surface area contributed by atoms with Gasteiger partial charge < -0.3 is 9.88 Å². The number of aryl methyl sites for hydroxylation is 1. The molecular weight excluding hydrogens is 262 g/mol. The van der Waals surface area contributed by atoms with Crippen molar-refractivity contribution >= 4 is 0 Å². The highest BCUT2D eigenvalue weighted by atomic mass is 15.3. The van der Waals surface area contributed by atoms with Gasteiger partial charge in [-0.2, -0.15) is 5.10 Å². The van der Waals surface area contributed by atoms with E-state index in [4.69, 9.17) is 0 Å². The maximum atomic E-state index is 4.27. The first-order valence-corrected chi connectivity index (χ1v) is 7.03. The molecule has 0 fully saturated rings. The third-order valence-corrected chi connectivity index (χ3v) is 3.55. The number of hydrogen-bond donors (Lipinski definition) is 1. The average molecular weight is 281 g/mol. The van der Waals surface area contributed by atoms with Gasteiger partial charge in [0.25, 0.3) is 0 Å². The van der Waals surface area contributed by atoms with E-state index in [1.54, 1.807) is 0 Å². The van der Waals surface area contributed by atoms with Crippen LogP contribution in [0.1, 0.15) is 16.8 Å². The fraction of sp³-hybridized carbons (Fsp3) is 0.250. The Balaban J connectivity index is 1.64. The fourth-order valence-electron chi connectivity index (χ4n) is 2.33. The Bertz CT molecular complexity index is 684. The summed E-state index contributed by atoms with van der Waals surface area (Å²) in [4.78, 5) is 4.13. The maximum absolute atomic E-state index is 4.27. The van der Waals surface area contributed by atoms with Gasteiger partial charge in [0.05, 0.1) is 18.6 Å². The molecule has 5 heteroatoms. The third-order valence-electron chi connectivity index (χ3n) is 3.55. The zero-order chi connectivity index (χ0) is 14.5. The number of rotatable bonds is 6. The van der Waals surface area contributed by atoms with Crippen molar-refractivity contribution in [2.24, 2.45) is 7.05 Å². The smallest absolute Gasteiger partial charge is 0.0945 e. The highest BCUT2D eigenvalue weighted by molar-refractivity contribution is 5.27. The molecule has 0 atom stereocenters. The van der Waals surface area contributed by atoms with Gasteiger partial charge in [-0.25, -0.2) is 4.98 Å². The maximum Gasteiger partial charge on any atom is 0.0945 e. The van der Waals surface area contributed by atoms with Gasteiger partial charge in [0, 0.05) is 38.7 Å². The van der Waals surface area contributed by atoms with E-state index in [-0.39, 0.29) is 0 Å². The molecule has 5 nitrogen and oxygen atoms in total. The number of imidazole rings is 1. The largest absolute Gasteiger partial charge is 0.337 e. The van der Waals surface area contributed by atoms with Gasteiger partial charge in [-0.15, -0.1) is 0 Å². The summed E-state index contributed by atoms with van der Waals surface area (Å²) in [6, 6.07) is 10.4. The number of hydrogen-bond acceptors (Lipinski definition) is 3. The van der Waals surface area contributed by atoms with Crippen LogP contribution >= 0.6 is 0 Å². The fourth-order valence-corrected chi connectivity index (χ4v) is 2.33. The molecule has 2 heterocycles. The van der Waals surface area contributed by atoms with Crippen LogP contribution in [0, 0.1) is 0 Å². The molecule has 0 radical (unpaired) electrons. The summed E-state index contributed by atoms with van der Waals surface area (Å²) in [5.41, 5.74) is 3.77. The van der Waals surface area contributed by atoms with Gasteiger partial charge in [0.15, 0.2) is 0 Å². The Labute approximate surface area is 124 Å². The minimum absolute atomic E-state index is 0.802. The van der Waals surface area contributed by atoms with Gasteiger partial charge in [0.1, 0.15) is 0 Å². The Kier molecular flexibility index (Phi) is 4.12. The molecule has 2 aromatic heterocycles. The van der Waals surface area contributed by atoms with Crippen molar-refractivity contribution in [3.63, 3.8) is 0 Å². The summed E-state index contributed by atoms with van der Waals surface area (Å²) in [5.74, 6) is 0. The van der Waals surface area contributed by atoms with Crippen LogP contribution in [-0.4, -0.2) is 19.3 Å². The molecule has 3 rings (SSSR count). The van der Waals surface area contributed by atoms with Crippen molar-refractivity contribution in [1.82, 2.24) is 24.6 Å². The zero-order valence-electron chi connectivity index (χ0n) is 12.1. The van der Waals surface area contributed by atoms with Crippen LogP contribution < -0.4 is 5.32 Å². The van der Waals surface area contributed by atoms with E-state index < -0.39 is 0 Å². The van der Waals surface area contributed by atoms with Crippen LogP contribution in [0.2, 0.25) is 0 Å². The molecular formula is C16H19N5. The predicted octanol–water partition coefficient (Wildman–Crippen LogP) is 1.95. The van der Waals surface area contributed by atoms with Crippen molar-refractivity contribution in [2.45, 2.75) is 19.6 Å². The zero-order valence-corrected chi connectivity index (χ0v) is 12.1. The van der Waals surface area contributed by atoms with Crippen LogP contribution in [0.3, 0.4) is 0 Å². The SMILES string of the molecule is Cn1cncc1CNCc1ccccc1Cn1cccn1. The average Bonchev–Trinajstić information content (AvgIpc) is 3.13. The molecule has 0 amide bonds. The van der Waals surface area contributed by atoms with Gasteiger partial charge in [0.2, 0.25) is 0 Å². The first kappa shape index (κ1) is 13.6. The van der Waals surface area contributed by atoms with E-state index in [1.165, 1.54) is 16.8 Å². The van der Waals surface area contributed by atoms with Crippen LogP contribution in [-0.2, 0) is 26.7 Å². The minimum Gasteiger partial charge on any atom is -0.337 e. The normalized spacial score (nSPS) is 10.9. The molecule has 1 aromatic carbocycles. The number of aromatic nitrogens is 4. The molecule has 0 aliphatic rings. The summed E-state index contributed by atoms with van der Waals surface area (Å²) in [7, 11) is 2.01. The van der Waals surface area contributed by atoms with E-state index in [2.05, 4.69) is 39.7 Å². The topological polar surface area (TPSA) is 47.7 Å². The molecule has 0 unspecified atom stereocenters. The lowest BCUT2D eigenvalue weighted by Crippen LogP contribution is -2.16. The number of nitrogens with one attached hydrogen (secondary N) is 1. The number of benzene rings is 1. The minimum atomic E-state index is 0.802. The molecule has 21 heavy (non-hydrogen) atoms. The molecule has 0 aliphatic heterocycles. The highest BCUT2D eigenvalue weighted by Crippen LogP contribution is 2.10. The molecule has 0 saturated heterocycles. The highest BCUT2D eigenvalue weighted by Gasteiger charge is 2.04. The molecule has 0 spiro atoms. The van der Waals surface area contributed by atoms with Crippen LogP contribution in [0.15, 0.2) is 55.2 Å². The second-order valence-electron chi connectivity index (χ2n) is 5.07. The van der Waals surface area contributed by atoms with Gasteiger partial charge in [-0.05, 0) is 17.2 Å². The summed E-state index contributed by atoms with van der Waals surface area (Å²) in [6.07, 6.45) is 7.51. The standard InChI is InChI=1S/C16H19N5/c1-20-13-18-11-16(20)10-17-9-14-5-2-3-6-15(14)12-21-8-4-7-19-21/h2-8,11,13,17H,9-10,12H2,1H3. The van der Waals surface area contributed by atoms with Gasteiger partial charge in [-0.1, -0.05) is 24.3 Å². The molecule has 0 aliphatic carbocycles. The van der Waals surface area contributed by atoms with Crippen molar-refractivity contribution in [3.05, 3.63) is 72.1 Å². The van der Waals surface area contributed by atoms with Crippen molar-refractivity contribution in [2.75, 3.05) is 0 Å². The Hall–Kier alpha value is -2.40. The van der Waals surface area contributed by atoms with Crippen LogP contribution in [0.25, 0.3) is 0 Å². The lowest BCUT2D eigenvalue weighted by Gasteiger charge is -2.11. The Morgan fingerprint density at radius 3 is 2.67 bits per heavy atom. The molecule has 108 valence electrons. The molecule has 0 bridgehead atoms. The second-order valence-corrected chi connectivity index (χ2v) is 5.07. The van der Waals surface area contributed by atoms with Crippen LogP contribution in [0.4, 0.5) is 0 Å². The summed E-state index contributed by atoms with van der Waals surface area (Å²) >= 11 is 0. The lowest BCUT2D eigenvalue weighted by molar-refractivity contribution is 0.638. The van der Waals surface area contributed by atoms with E-state index in [0.717, 1.165) is 19.6 Å². The quantitative estimate of drug-likeness (QED) is 0.751. The van der Waals surface area contributed by atoms with E-state index >= 15 is 0 Å². The second kappa shape index (κ2) is 6.37. The van der Waals surface area contributed by atoms with Crippen molar-refractivity contribution in [1.29, 1.82) is 0 Å². The van der Waals surface area contributed by atoms with Gasteiger partial charge >= 0.3 is 0 Å². The van der Waals surface area contributed by atoms with E-state index in [1.807, 2.05) is 47.3 Å². The third kappa shape index (κ3) is 3.38. The van der Waals surface area contributed by atoms with Crippen LogP contribution in [0.5, 0.6) is 0 Å². The monoisotopic (exact) mass is 281 g/mol. The molecule has 0 saturated carbocycles. The summed E-state index contributed by atoms with van der Waals surface area (Å²) in [6.45, 7) is 2.45. The molecule has 3 aromatic rings. The van der Waals surface area contributed by atoms with E-state index in [0.29, 0.717) is 0 Å². The first-order chi connectivity index (χ1) is 10.3. The summed E-state index contributed by atoms with van der Waals surface area (Å²) in [5, 5.41) is 7.74. The molecule has 1 N–H and O–H groups in total.